The van der Waals surface area contributed by atoms with Gasteiger partial charge in [0.1, 0.15) is 35.8 Å². The molecule has 2 fully saturated rings. The van der Waals surface area contributed by atoms with Gasteiger partial charge in [-0.15, -0.1) is 0 Å². The largest absolute Gasteiger partial charge is 0.491 e. The molecule has 2 N–H and O–H groups in total. The number of ether oxygens (including phenoxy) is 2. The second-order valence-corrected chi connectivity index (χ2v) is 9.75. The monoisotopic (exact) mass is 547 g/mol. The predicted octanol–water partition coefficient (Wildman–Crippen LogP) is 0.490. The minimum absolute atomic E-state index is 0.122. The number of rotatable bonds is 9. The molecule has 1 unspecified atom stereocenters. The number of aliphatic imine (C=N–C) groups is 2. The number of nitrogens with two attached hydrogens (primary N) is 1. The van der Waals surface area contributed by atoms with Crippen LogP contribution in [-0.2, 0) is 4.74 Å². The molecule has 1 aromatic heterocycles. The van der Waals surface area contributed by atoms with E-state index in [-0.39, 0.29) is 6.03 Å². The predicted molar refractivity (Wildman–Crippen MR) is 149 cm³/mol. The molecule has 0 bridgehead atoms. The van der Waals surface area contributed by atoms with Crippen LogP contribution in [0.15, 0.2) is 58.5 Å². The van der Waals surface area contributed by atoms with Crippen LogP contribution in [0.5, 0.6) is 5.75 Å². The van der Waals surface area contributed by atoms with Crippen molar-refractivity contribution in [1.29, 1.82) is 0 Å². The quantitative estimate of drug-likeness (QED) is 0.350. The van der Waals surface area contributed by atoms with E-state index in [2.05, 4.69) is 36.9 Å². The second kappa shape index (κ2) is 11.1. The fraction of sp³-hybridized carbons (Fsp3) is 0.423. The minimum Gasteiger partial charge on any atom is -0.491 e. The summed E-state index contributed by atoms with van der Waals surface area (Å²) in [5.74, 6) is 7.56. The highest BCUT2D eigenvalue weighted by Gasteiger charge is 2.51. The third-order valence-electron chi connectivity index (χ3n) is 7.40. The van der Waals surface area contributed by atoms with E-state index in [4.69, 9.17) is 20.3 Å². The zero-order valence-electron chi connectivity index (χ0n) is 22.6. The van der Waals surface area contributed by atoms with Crippen LogP contribution in [0, 0.1) is 0 Å². The van der Waals surface area contributed by atoms with Crippen LogP contribution in [0.2, 0.25) is 0 Å². The van der Waals surface area contributed by atoms with E-state index in [1.54, 1.807) is 42.7 Å². The van der Waals surface area contributed by atoms with Crippen molar-refractivity contribution in [2.24, 2.45) is 15.8 Å². The van der Waals surface area contributed by atoms with Crippen molar-refractivity contribution in [3.05, 3.63) is 54.2 Å². The van der Waals surface area contributed by atoms with Crippen LogP contribution in [0.4, 0.5) is 10.5 Å². The highest BCUT2D eigenvalue weighted by Crippen LogP contribution is 2.37. The fourth-order valence-corrected chi connectivity index (χ4v) is 5.26. The standard InChI is InChI=1S/C26H33N11O3/c1-32-26(38)35(25-31-24-23(37(25)32)22(30-18-36(24)27)21-17-28-7-8-29-21)14-11-33-9-12-34(13-10-33)19-3-5-20(6-4-19)40-16-15-39-2/h3-8,17-18,25H,9-16,27H2,1-2H3. The summed E-state index contributed by atoms with van der Waals surface area (Å²) in [4.78, 5) is 37.7. The minimum atomic E-state index is -0.534. The Morgan fingerprint density at radius 2 is 1.85 bits per heavy atom. The van der Waals surface area contributed by atoms with Gasteiger partial charge in [0.05, 0.1) is 12.8 Å². The third kappa shape index (κ3) is 4.80. The van der Waals surface area contributed by atoms with Gasteiger partial charge in [-0.3, -0.25) is 19.8 Å². The van der Waals surface area contributed by atoms with Gasteiger partial charge in [-0.25, -0.2) is 35.6 Å². The molecule has 1 atom stereocenters. The highest BCUT2D eigenvalue weighted by molar-refractivity contribution is 6.13. The zero-order valence-corrected chi connectivity index (χ0v) is 22.6. The van der Waals surface area contributed by atoms with Crippen LogP contribution in [0.25, 0.3) is 5.70 Å². The molecule has 0 saturated carbocycles. The SMILES string of the molecule is COCCOc1ccc(N2CCN(CCN3C(=O)N(C)N4C5=C(c6cnccn6)N=CN(N)C5=NC34)CC2)cc1. The number of amidine groups is 1. The fourth-order valence-electron chi connectivity index (χ4n) is 5.26. The number of carbonyl (C=O) groups excluding carboxylic acids is 1. The van der Waals surface area contributed by atoms with E-state index < -0.39 is 6.29 Å². The van der Waals surface area contributed by atoms with Crippen LogP contribution >= 0.6 is 0 Å². The average molecular weight is 548 g/mol. The summed E-state index contributed by atoms with van der Waals surface area (Å²) in [6.45, 7) is 6.00. The number of amides is 2. The second-order valence-electron chi connectivity index (χ2n) is 9.75. The van der Waals surface area contributed by atoms with Crippen LogP contribution in [0.3, 0.4) is 0 Å². The van der Waals surface area contributed by atoms with Crippen LogP contribution < -0.4 is 15.5 Å². The summed E-state index contributed by atoms with van der Waals surface area (Å²) in [5, 5.41) is 4.78. The Morgan fingerprint density at radius 3 is 2.58 bits per heavy atom. The average Bonchev–Trinajstić information content (AvgIpc) is 3.49. The maximum Gasteiger partial charge on any atom is 0.341 e. The number of methoxy groups -OCH3 is 1. The van der Waals surface area contributed by atoms with E-state index in [9.17, 15) is 4.79 Å². The lowest BCUT2D eigenvalue weighted by molar-refractivity contribution is 0.0842. The lowest BCUT2D eigenvalue weighted by Crippen LogP contribution is -2.49. The summed E-state index contributed by atoms with van der Waals surface area (Å²) >= 11 is 0. The molecule has 6 rings (SSSR count). The van der Waals surface area contributed by atoms with E-state index in [0.29, 0.717) is 42.7 Å². The van der Waals surface area contributed by atoms with Crippen molar-refractivity contribution in [3.63, 3.8) is 0 Å². The summed E-state index contributed by atoms with van der Waals surface area (Å²) < 4.78 is 10.7. The molecule has 14 heteroatoms. The van der Waals surface area contributed by atoms with Gasteiger partial charge in [0, 0.05) is 71.5 Å². The molecule has 1 aromatic carbocycles. The lowest BCUT2D eigenvalue weighted by atomic mass is 10.2. The number of aromatic nitrogens is 2. The normalized spacial score (nSPS) is 20.9. The molecule has 4 aliphatic heterocycles. The number of carbonyl (C=O) groups is 1. The number of hydrogen-bond donors (Lipinski definition) is 1. The first-order chi connectivity index (χ1) is 19.5. The molecule has 0 aliphatic carbocycles. The molecule has 0 radical (unpaired) electrons. The number of benzene rings is 1. The Bertz CT molecular complexity index is 1310. The maximum absolute atomic E-state index is 13.3. The van der Waals surface area contributed by atoms with Gasteiger partial charge in [0.2, 0.25) is 6.29 Å². The molecular weight excluding hydrogens is 514 g/mol. The van der Waals surface area contributed by atoms with Crippen molar-refractivity contribution in [1.82, 2.24) is 34.8 Å². The summed E-state index contributed by atoms with van der Waals surface area (Å²) in [6.07, 6.45) is 5.81. The molecule has 5 heterocycles. The van der Waals surface area contributed by atoms with Crippen molar-refractivity contribution < 1.29 is 14.3 Å². The number of piperazine rings is 1. The number of nitrogens with zero attached hydrogens (tertiary/aromatic N) is 10. The lowest BCUT2D eigenvalue weighted by Gasteiger charge is -2.36. The Labute approximate surface area is 232 Å². The summed E-state index contributed by atoms with van der Waals surface area (Å²) in [5.41, 5.74) is 2.97. The number of fused-ring (bicyclic) bond motifs is 3. The molecule has 2 amide bonds. The molecule has 0 spiro atoms. The number of hydrogen-bond acceptors (Lipinski definition) is 12. The van der Waals surface area contributed by atoms with E-state index in [1.165, 1.54) is 17.0 Å². The molecule has 40 heavy (non-hydrogen) atoms. The Balaban J connectivity index is 1.08. The zero-order chi connectivity index (χ0) is 27.6. The smallest absolute Gasteiger partial charge is 0.341 e. The van der Waals surface area contributed by atoms with Crippen molar-refractivity contribution >= 4 is 29.6 Å². The van der Waals surface area contributed by atoms with Crippen LogP contribution in [-0.4, -0.2) is 126 Å². The molecule has 2 aromatic rings. The van der Waals surface area contributed by atoms with Gasteiger partial charge in [-0.1, -0.05) is 0 Å². The van der Waals surface area contributed by atoms with Gasteiger partial charge >= 0.3 is 6.03 Å². The first kappa shape index (κ1) is 26.0. The molecule has 4 aliphatic rings. The Morgan fingerprint density at radius 1 is 1.05 bits per heavy atom. The van der Waals surface area contributed by atoms with Gasteiger partial charge < -0.3 is 14.4 Å². The van der Waals surface area contributed by atoms with Gasteiger partial charge in [-0.2, -0.15) is 0 Å². The molecular formula is C26H33N11O3. The Kier molecular flexibility index (Phi) is 7.19. The molecule has 2 saturated heterocycles. The van der Waals surface area contributed by atoms with E-state index >= 15 is 0 Å². The van der Waals surface area contributed by atoms with Gasteiger partial charge in [0.15, 0.2) is 5.84 Å². The van der Waals surface area contributed by atoms with Gasteiger partial charge in [0.25, 0.3) is 0 Å². The van der Waals surface area contributed by atoms with E-state index in [0.717, 1.165) is 38.5 Å². The first-order valence-electron chi connectivity index (χ1n) is 13.2. The summed E-state index contributed by atoms with van der Waals surface area (Å²) in [6, 6.07) is 8.07. The molecule has 210 valence electrons. The number of anilines is 1. The highest BCUT2D eigenvalue weighted by atomic mass is 16.5. The first-order valence-corrected chi connectivity index (χ1v) is 13.2. The molecule has 14 nitrogen and oxygen atoms in total. The van der Waals surface area contributed by atoms with E-state index in [1.807, 2.05) is 17.1 Å². The summed E-state index contributed by atoms with van der Waals surface area (Å²) in [7, 11) is 3.40. The Hall–Kier alpha value is -4.27. The van der Waals surface area contributed by atoms with Crippen molar-refractivity contribution in [2.75, 3.05) is 71.5 Å². The third-order valence-corrected chi connectivity index (χ3v) is 7.40. The van der Waals surface area contributed by atoms with Crippen LogP contribution in [0.1, 0.15) is 5.69 Å². The maximum atomic E-state index is 13.3. The number of urea groups is 1. The van der Waals surface area contributed by atoms with Crippen molar-refractivity contribution in [3.8, 4) is 5.75 Å². The van der Waals surface area contributed by atoms with Crippen molar-refractivity contribution in [2.45, 2.75) is 6.29 Å². The van der Waals surface area contributed by atoms with Gasteiger partial charge in [-0.05, 0) is 24.3 Å². The number of hydrazine groups is 2. The topological polar surface area (TPSA) is 131 Å².